The van der Waals surface area contributed by atoms with Crippen LogP contribution in [-0.2, 0) is 0 Å². The SMILES string of the molecule is Cc1sc(C(=O)N(CCO)C(C)C)cc1N. The third-order valence-corrected chi connectivity index (χ3v) is 3.45. The largest absolute Gasteiger partial charge is 0.398 e. The summed E-state index contributed by atoms with van der Waals surface area (Å²) in [6, 6.07) is 1.78. The molecule has 1 aromatic heterocycles. The number of thiophene rings is 1. The molecular weight excluding hydrogens is 224 g/mol. The topological polar surface area (TPSA) is 66.6 Å². The summed E-state index contributed by atoms with van der Waals surface area (Å²) in [5.74, 6) is -0.0612. The molecule has 1 aromatic rings. The zero-order chi connectivity index (χ0) is 12.3. The van der Waals surface area contributed by atoms with Crippen molar-refractivity contribution in [3.8, 4) is 0 Å². The summed E-state index contributed by atoms with van der Waals surface area (Å²) in [5, 5.41) is 8.93. The first-order valence-corrected chi connectivity index (χ1v) is 6.06. The van der Waals surface area contributed by atoms with Crippen molar-refractivity contribution in [3.05, 3.63) is 15.8 Å². The monoisotopic (exact) mass is 242 g/mol. The molecule has 0 saturated carbocycles. The quantitative estimate of drug-likeness (QED) is 0.840. The van der Waals surface area contributed by atoms with E-state index in [1.165, 1.54) is 11.3 Å². The first-order valence-electron chi connectivity index (χ1n) is 5.25. The van der Waals surface area contributed by atoms with E-state index in [1.54, 1.807) is 11.0 Å². The smallest absolute Gasteiger partial charge is 0.264 e. The van der Waals surface area contributed by atoms with Gasteiger partial charge in [0.25, 0.3) is 5.91 Å². The number of carbonyl (C=O) groups is 1. The highest BCUT2D eigenvalue weighted by atomic mass is 32.1. The Hall–Kier alpha value is -1.07. The van der Waals surface area contributed by atoms with Crippen molar-refractivity contribution in [1.82, 2.24) is 4.90 Å². The average molecular weight is 242 g/mol. The average Bonchev–Trinajstić information content (AvgIpc) is 2.54. The van der Waals surface area contributed by atoms with Gasteiger partial charge in [0.2, 0.25) is 0 Å². The molecule has 16 heavy (non-hydrogen) atoms. The molecule has 0 spiro atoms. The molecule has 0 radical (unpaired) electrons. The van der Waals surface area contributed by atoms with E-state index >= 15 is 0 Å². The predicted molar refractivity (Wildman–Crippen MR) is 66.7 cm³/mol. The van der Waals surface area contributed by atoms with Crippen molar-refractivity contribution >= 4 is 22.9 Å². The van der Waals surface area contributed by atoms with Gasteiger partial charge in [0, 0.05) is 23.2 Å². The van der Waals surface area contributed by atoms with Gasteiger partial charge in [-0.25, -0.2) is 0 Å². The van der Waals surface area contributed by atoms with E-state index in [0.717, 1.165) is 4.88 Å². The number of nitrogens with two attached hydrogens (primary N) is 1. The van der Waals surface area contributed by atoms with Crippen molar-refractivity contribution < 1.29 is 9.90 Å². The van der Waals surface area contributed by atoms with Crippen LogP contribution >= 0.6 is 11.3 Å². The van der Waals surface area contributed by atoms with Crippen LogP contribution in [0.1, 0.15) is 28.4 Å². The van der Waals surface area contributed by atoms with Gasteiger partial charge >= 0.3 is 0 Å². The third kappa shape index (κ3) is 2.74. The molecule has 0 atom stereocenters. The standard InChI is InChI=1S/C11H18N2O2S/c1-7(2)13(4-5-14)11(15)10-6-9(12)8(3)16-10/h6-7,14H,4-5,12H2,1-3H3. The number of aliphatic hydroxyl groups is 1. The summed E-state index contributed by atoms with van der Waals surface area (Å²) in [5.41, 5.74) is 6.37. The minimum atomic E-state index is -0.0612. The van der Waals surface area contributed by atoms with E-state index in [9.17, 15) is 4.79 Å². The van der Waals surface area contributed by atoms with E-state index in [-0.39, 0.29) is 18.6 Å². The van der Waals surface area contributed by atoms with Crippen molar-refractivity contribution in [1.29, 1.82) is 0 Å². The third-order valence-electron chi connectivity index (χ3n) is 2.39. The minimum Gasteiger partial charge on any atom is -0.398 e. The second kappa shape index (κ2) is 5.32. The summed E-state index contributed by atoms with van der Waals surface area (Å²) in [6.07, 6.45) is 0. The lowest BCUT2D eigenvalue weighted by Gasteiger charge is -2.25. The molecule has 0 aliphatic heterocycles. The lowest BCUT2D eigenvalue weighted by Crippen LogP contribution is -2.38. The van der Waals surface area contributed by atoms with Gasteiger partial charge in [0.1, 0.15) is 0 Å². The number of anilines is 1. The van der Waals surface area contributed by atoms with Crippen molar-refractivity contribution in [3.63, 3.8) is 0 Å². The molecule has 90 valence electrons. The second-order valence-corrected chi connectivity index (χ2v) is 5.19. The number of carbonyl (C=O) groups excluding carboxylic acids is 1. The molecule has 0 aliphatic rings. The zero-order valence-corrected chi connectivity index (χ0v) is 10.7. The molecule has 0 unspecified atom stereocenters. The Morgan fingerprint density at radius 1 is 1.62 bits per heavy atom. The van der Waals surface area contributed by atoms with Crippen LogP contribution in [0.4, 0.5) is 5.69 Å². The molecule has 0 aliphatic carbocycles. The molecule has 5 heteroatoms. The lowest BCUT2D eigenvalue weighted by atomic mass is 10.2. The Kier molecular flexibility index (Phi) is 4.32. The molecule has 1 rings (SSSR count). The highest BCUT2D eigenvalue weighted by Gasteiger charge is 2.20. The lowest BCUT2D eigenvalue weighted by molar-refractivity contribution is 0.0670. The number of amides is 1. The number of aliphatic hydroxyl groups excluding tert-OH is 1. The maximum atomic E-state index is 12.1. The second-order valence-electron chi connectivity index (χ2n) is 3.94. The first-order chi connectivity index (χ1) is 7.47. The Morgan fingerprint density at radius 2 is 2.25 bits per heavy atom. The Morgan fingerprint density at radius 3 is 2.62 bits per heavy atom. The molecule has 0 bridgehead atoms. The number of hydrogen-bond acceptors (Lipinski definition) is 4. The van der Waals surface area contributed by atoms with Gasteiger partial charge in [-0.2, -0.15) is 0 Å². The van der Waals surface area contributed by atoms with Crippen molar-refractivity contribution in [2.24, 2.45) is 0 Å². The summed E-state index contributed by atoms with van der Waals surface area (Å²) in [4.78, 5) is 15.3. The van der Waals surface area contributed by atoms with Crippen LogP contribution in [0.2, 0.25) is 0 Å². The minimum absolute atomic E-state index is 0.0240. The van der Waals surface area contributed by atoms with Crippen molar-refractivity contribution in [2.45, 2.75) is 26.8 Å². The highest BCUT2D eigenvalue weighted by Crippen LogP contribution is 2.25. The highest BCUT2D eigenvalue weighted by molar-refractivity contribution is 7.14. The summed E-state index contributed by atoms with van der Waals surface area (Å²) in [6.45, 7) is 6.08. The van der Waals surface area contributed by atoms with Gasteiger partial charge in [-0.15, -0.1) is 11.3 Å². The number of nitrogen functional groups attached to an aromatic ring is 1. The summed E-state index contributed by atoms with van der Waals surface area (Å²) >= 11 is 1.40. The molecule has 1 amide bonds. The fraction of sp³-hybridized carbons (Fsp3) is 0.545. The molecule has 4 nitrogen and oxygen atoms in total. The van der Waals surface area contributed by atoms with Gasteiger partial charge in [0.15, 0.2) is 0 Å². The van der Waals surface area contributed by atoms with Crippen molar-refractivity contribution in [2.75, 3.05) is 18.9 Å². The number of aryl methyl sites for hydroxylation is 1. The molecule has 3 N–H and O–H groups in total. The van der Waals surface area contributed by atoms with Gasteiger partial charge in [-0.3, -0.25) is 4.79 Å². The van der Waals surface area contributed by atoms with Crippen LogP contribution in [0.15, 0.2) is 6.07 Å². The normalized spacial score (nSPS) is 10.8. The van der Waals surface area contributed by atoms with Crippen LogP contribution in [0.5, 0.6) is 0 Å². The van der Waals surface area contributed by atoms with Gasteiger partial charge in [-0.1, -0.05) is 0 Å². The van der Waals surface area contributed by atoms with E-state index in [2.05, 4.69) is 0 Å². The van der Waals surface area contributed by atoms with Crippen LogP contribution < -0.4 is 5.73 Å². The Balaban J connectivity index is 2.90. The van der Waals surface area contributed by atoms with Gasteiger partial charge in [0.05, 0.1) is 11.5 Å². The fourth-order valence-corrected chi connectivity index (χ4v) is 2.34. The van der Waals surface area contributed by atoms with E-state index in [4.69, 9.17) is 10.8 Å². The number of rotatable bonds is 4. The fourth-order valence-electron chi connectivity index (χ4n) is 1.45. The molecule has 0 saturated heterocycles. The van der Waals surface area contributed by atoms with E-state index in [0.29, 0.717) is 17.1 Å². The molecule has 1 heterocycles. The van der Waals surface area contributed by atoms with Crippen LogP contribution in [0.25, 0.3) is 0 Å². The van der Waals surface area contributed by atoms with Gasteiger partial charge < -0.3 is 15.7 Å². The maximum Gasteiger partial charge on any atom is 0.264 e. The molecule has 0 aromatic carbocycles. The van der Waals surface area contributed by atoms with E-state index < -0.39 is 0 Å². The predicted octanol–water partition coefficient (Wildman–Crippen LogP) is 1.48. The van der Waals surface area contributed by atoms with E-state index in [1.807, 2.05) is 20.8 Å². The Bertz CT molecular complexity index is 355. The summed E-state index contributed by atoms with van der Waals surface area (Å²) < 4.78 is 0. The van der Waals surface area contributed by atoms with Crippen LogP contribution in [-0.4, -0.2) is 35.1 Å². The Labute approximate surface area is 99.7 Å². The number of nitrogens with zero attached hydrogens (tertiary/aromatic N) is 1. The maximum absolute atomic E-state index is 12.1. The van der Waals surface area contributed by atoms with Crippen LogP contribution in [0, 0.1) is 6.92 Å². The molecular formula is C11H18N2O2S. The number of hydrogen-bond donors (Lipinski definition) is 2. The first kappa shape index (κ1) is 13.0. The zero-order valence-electron chi connectivity index (χ0n) is 9.86. The van der Waals surface area contributed by atoms with Crippen LogP contribution in [0.3, 0.4) is 0 Å². The molecule has 0 fully saturated rings. The van der Waals surface area contributed by atoms with Gasteiger partial charge in [-0.05, 0) is 26.8 Å². The summed E-state index contributed by atoms with van der Waals surface area (Å²) in [7, 11) is 0.